The van der Waals surface area contributed by atoms with Gasteiger partial charge in [-0.25, -0.2) is 0 Å². The molecule has 0 rings (SSSR count). The van der Waals surface area contributed by atoms with Gasteiger partial charge < -0.3 is 10.6 Å². The van der Waals surface area contributed by atoms with Crippen LogP contribution in [0.25, 0.3) is 0 Å². The third-order valence-electron chi connectivity index (χ3n) is 3.86. The Morgan fingerprint density at radius 3 is 2.29 bits per heavy atom. The first-order valence-corrected chi connectivity index (χ1v) is 7.37. The zero-order valence-electron chi connectivity index (χ0n) is 12.8. The smallest absolute Gasteiger partial charge is 0.000680 e. The minimum absolute atomic E-state index is 0.421. The van der Waals surface area contributed by atoms with Crippen LogP contribution in [0.15, 0.2) is 0 Å². The lowest BCUT2D eigenvalue weighted by Gasteiger charge is -2.27. The van der Waals surface area contributed by atoms with Crippen LogP contribution in [0, 0.1) is 11.3 Å². The fourth-order valence-corrected chi connectivity index (χ4v) is 2.25. The van der Waals surface area contributed by atoms with Gasteiger partial charge >= 0.3 is 0 Å². The molecule has 0 saturated heterocycles. The highest BCUT2D eigenvalue weighted by Crippen LogP contribution is 2.25. The molecule has 0 heterocycles. The molecule has 1 atom stereocenters. The van der Waals surface area contributed by atoms with Crippen LogP contribution in [0.5, 0.6) is 0 Å². The van der Waals surface area contributed by atoms with Crippen LogP contribution >= 0.6 is 0 Å². The van der Waals surface area contributed by atoms with Crippen molar-refractivity contribution in [2.24, 2.45) is 17.1 Å². The molecule has 0 bridgehead atoms. The van der Waals surface area contributed by atoms with Gasteiger partial charge in [-0.1, -0.05) is 41.0 Å². The molecule has 0 spiro atoms. The topological polar surface area (TPSA) is 29.3 Å². The van der Waals surface area contributed by atoms with E-state index >= 15 is 0 Å². The highest BCUT2D eigenvalue weighted by Gasteiger charge is 2.16. The standard InChI is InChI=1S/C15H34N2/c1-6-14(3)13-17(7-2)12-8-9-15(4,5)10-11-16/h14H,6-13,16H2,1-5H3. The summed E-state index contributed by atoms with van der Waals surface area (Å²) in [7, 11) is 0. The molecule has 2 nitrogen and oxygen atoms in total. The second-order valence-corrected chi connectivity index (χ2v) is 6.21. The molecule has 0 saturated carbocycles. The first kappa shape index (κ1) is 16.9. The molecule has 2 N–H and O–H groups in total. The highest BCUT2D eigenvalue weighted by atomic mass is 15.1. The van der Waals surface area contributed by atoms with Crippen molar-refractivity contribution in [3.63, 3.8) is 0 Å². The summed E-state index contributed by atoms with van der Waals surface area (Å²) in [6.07, 6.45) is 5.03. The Balaban J connectivity index is 3.83. The van der Waals surface area contributed by atoms with Crippen molar-refractivity contribution in [2.45, 2.75) is 60.3 Å². The summed E-state index contributed by atoms with van der Waals surface area (Å²) in [6.45, 7) is 16.1. The van der Waals surface area contributed by atoms with Crippen LogP contribution in [0.3, 0.4) is 0 Å². The first-order chi connectivity index (χ1) is 7.95. The lowest BCUT2D eigenvalue weighted by molar-refractivity contribution is 0.218. The summed E-state index contributed by atoms with van der Waals surface area (Å²) >= 11 is 0. The van der Waals surface area contributed by atoms with Gasteiger partial charge in [0.1, 0.15) is 0 Å². The molecule has 0 aliphatic heterocycles. The third kappa shape index (κ3) is 8.62. The summed E-state index contributed by atoms with van der Waals surface area (Å²) in [6, 6.07) is 0. The van der Waals surface area contributed by atoms with E-state index < -0.39 is 0 Å². The number of hydrogen-bond acceptors (Lipinski definition) is 2. The zero-order valence-corrected chi connectivity index (χ0v) is 12.8. The van der Waals surface area contributed by atoms with Crippen molar-refractivity contribution in [1.29, 1.82) is 0 Å². The Bertz CT molecular complexity index is 178. The molecule has 0 aromatic rings. The van der Waals surface area contributed by atoms with Crippen molar-refractivity contribution >= 4 is 0 Å². The predicted molar refractivity (Wildman–Crippen MR) is 78.3 cm³/mol. The van der Waals surface area contributed by atoms with Crippen LogP contribution in [0.2, 0.25) is 0 Å². The van der Waals surface area contributed by atoms with E-state index in [1.807, 2.05) is 0 Å². The second kappa shape index (κ2) is 8.93. The quantitative estimate of drug-likeness (QED) is 0.635. The van der Waals surface area contributed by atoms with Crippen LogP contribution in [0.4, 0.5) is 0 Å². The monoisotopic (exact) mass is 242 g/mol. The number of rotatable bonds is 10. The molecule has 1 unspecified atom stereocenters. The van der Waals surface area contributed by atoms with E-state index in [2.05, 4.69) is 39.5 Å². The van der Waals surface area contributed by atoms with Crippen molar-refractivity contribution in [3.8, 4) is 0 Å². The largest absolute Gasteiger partial charge is 0.330 e. The Labute approximate surface area is 109 Å². The SMILES string of the molecule is CCC(C)CN(CC)CCCC(C)(C)CCN. The zero-order chi connectivity index (χ0) is 13.3. The van der Waals surface area contributed by atoms with Gasteiger partial charge in [-0.3, -0.25) is 0 Å². The molecule has 0 amide bonds. The maximum absolute atomic E-state index is 5.65. The lowest BCUT2D eigenvalue weighted by atomic mass is 9.84. The van der Waals surface area contributed by atoms with E-state index in [4.69, 9.17) is 5.73 Å². The minimum Gasteiger partial charge on any atom is -0.330 e. The van der Waals surface area contributed by atoms with Gasteiger partial charge in [-0.15, -0.1) is 0 Å². The molecular formula is C15H34N2. The maximum Gasteiger partial charge on any atom is 0.000680 e. The maximum atomic E-state index is 5.65. The Morgan fingerprint density at radius 2 is 1.82 bits per heavy atom. The molecule has 0 aromatic heterocycles. The summed E-state index contributed by atoms with van der Waals surface area (Å²) in [5.41, 5.74) is 6.07. The average Bonchev–Trinajstić information content (AvgIpc) is 2.27. The van der Waals surface area contributed by atoms with Gasteiger partial charge in [0.2, 0.25) is 0 Å². The van der Waals surface area contributed by atoms with Gasteiger partial charge in [0.25, 0.3) is 0 Å². The summed E-state index contributed by atoms with van der Waals surface area (Å²) in [4.78, 5) is 2.59. The lowest BCUT2D eigenvalue weighted by Crippen LogP contribution is -2.30. The van der Waals surface area contributed by atoms with Gasteiger partial charge in [-0.2, -0.15) is 0 Å². The molecule has 0 aliphatic carbocycles. The van der Waals surface area contributed by atoms with Crippen LogP contribution in [-0.2, 0) is 0 Å². The Hall–Kier alpha value is -0.0800. The molecule has 0 aliphatic rings. The predicted octanol–water partition coefficient (Wildman–Crippen LogP) is 3.51. The molecule has 0 fully saturated rings. The summed E-state index contributed by atoms with van der Waals surface area (Å²) in [5, 5.41) is 0. The van der Waals surface area contributed by atoms with Gasteiger partial charge in [0.15, 0.2) is 0 Å². The van der Waals surface area contributed by atoms with E-state index in [1.165, 1.54) is 38.9 Å². The van der Waals surface area contributed by atoms with Gasteiger partial charge in [0, 0.05) is 6.54 Å². The average molecular weight is 242 g/mol. The molecule has 104 valence electrons. The van der Waals surface area contributed by atoms with E-state index in [0.29, 0.717) is 5.41 Å². The van der Waals surface area contributed by atoms with E-state index in [1.54, 1.807) is 0 Å². The van der Waals surface area contributed by atoms with E-state index in [-0.39, 0.29) is 0 Å². The van der Waals surface area contributed by atoms with Crippen LogP contribution in [-0.4, -0.2) is 31.1 Å². The molecule has 0 radical (unpaired) electrons. The van der Waals surface area contributed by atoms with E-state index in [9.17, 15) is 0 Å². The number of nitrogens with zero attached hydrogens (tertiary/aromatic N) is 1. The summed E-state index contributed by atoms with van der Waals surface area (Å²) < 4.78 is 0. The number of hydrogen-bond donors (Lipinski definition) is 1. The number of nitrogens with two attached hydrogens (primary N) is 1. The first-order valence-electron chi connectivity index (χ1n) is 7.37. The minimum atomic E-state index is 0.421. The van der Waals surface area contributed by atoms with Crippen molar-refractivity contribution in [1.82, 2.24) is 4.90 Å². The summed E-state index contributed by atoms with van der Waals surface area (Å²) in [5.74, 6) is 0.826. The normalized spacial score (nSPS) is 14.3. The highest BCUT2D eigenvalue weighted by molar-refractivity contribution is 4.70. The third-order valence-corrected chi connectivity index (χ3v) is 3.86. The van der Waals surface area contributed by atoms with Crippen molar-refractivity contribution < 1.29 is 0 Å². The van der Waals surface area contributed by atoms with Crippen LogP contribution < -0.4 is 5.73 Å². The molecular weight excluding hydrogens is 208 g/mol. The molecule has 17 heavy (non-hydrogen) atoms. The fraction of sp³-hybridized carbons (Fsp3) is 1.00. The van der Waals surface area contributed by atoms with Gasteiger partial charge in [-0.05, 0) is 50.2 Å². The van der Waals surface area contributed by atoms with E-state index in [0.717, 1.165) is 18.9 Å². The molecule has 2 heteroatoms. The van der Waals surface area contributed by atoms with Gasteiger partial charge in [0.05, 0.1) is 0 Å². The fourth-order valence-electron chi connectivity index (χ4n) is 2.25. The Kier molecular flexibility index (Phi) is 8.89. The van der Waals surface area contributed by atoms with Crippen molar-refractivity contribution in [2.75, 3.05) is 26.2 Å². The molecule has 0 aromatic carbocycles. The van der Waals surface area contributed by atoms with Crippen LogP contribution in [0.1, 0.15) is 60.3 Å². The second-order valence-electron chi connectivity index (χ2n) is 6.21. The Morgan fingerprint density at radius 1 is 1.18 bits per heavy atom. The van der Waals surface area contributed by atoms with Crippen molar-refractivity contribution in [3.05, 3.63) is 0 Å².